The third kappa shape index (κ3) is 2.63. The van der Waals surface area contributed by atoms with Gasteiger partial charge < -0.3 is 14.6 Å². The Kier molecular flexibility index (Phi) is 4.04. The van der Waals surface area contributed by atoms with Crippen molar-refractivity contribution in [2.45, 2.75) is 25.0 Å². The summed E-state index contributed by atoms with van der Waals surface area (Å²) < 4.78 is 12.1. The lowest BCUT2D eigenvalue weighted by Gasteiger charge is -2.32. The molecule has 0 aliphatic carbocycles. The number of nitrogens with zero attached hydrogens (tertiary/aromatic N) is 2. The summed E-state index contributed by atoms with van der Waals surface area (Å²) in [6.07, 6.45) is 3.02. The molecule has 5 nitrogen and oxygen atoms in total. The van der Waals surface area contributed by atoms with Crippen molar-refractivity contribution < 1.29 is 14.6 Å². The zero-order valence-corrected chi connectivity index (χ0v) is 10.6. The van der Waals surface area contributed by atoms with Crippen LogP contribution >= 0.6 is 11.6 Å². The highest BCUT2D eigenvalue weighted by Gasteiger charge is 2.37. The van der Waals surface area contributed by atoms with Crippen LogP contribution in [0.4, 0.5) is 0 Å². The second-order valence-electron chi connectivity index (χ2n) is 4.24. The maximum absolute atomic E-state index is 10.6. The number of hydrogen-bond donors (Lipinski definition) is 1. The van der Waals surface area contributed by atoms with Gasteiger partial charge in [-0.15, -0.1) is 0 Å². The van der Waals surface area contributed by atoms with Crippen molar-refractivity contribution >= 4 is 11.6 Å². The Hall–Kier alpha value is -0.620. The fourth-order valence-electron chi connectivity index (χ4n) is 2.14. The van der Waals surface area contributed by atoms with Crippen molar-refractivity contribution in [3.63, 3.8) is 0 Å². The van der Waals surface area contributed by atoms with Gasteiger partial charge in [0, 0.05) is 13.7 Å². The Morgan fingerprint density at radius 3 is 3.18 bits per heavy atom. The van der Waals surface area contributed by atoms with Gasteiger partial charge in [-0.1, -0.05) is 11.6 Å². The van der Waals surface area contributed by atoms with Gasteiger partial charge in [0.15, 0.2) is 0 Å². The molecule has 2 heterocycles. The molecule has 2 rings (SSSR count). The molecule has 6 heteroatoms. The Labute approximate surface area is 105 Å². The minimum Gasteiger partial charge on any atom is -0.383 e. The summed E-state index contributed by atoms with van der Waals surface area (Å²) in [5, 5.41) is 15.2. The summed E-state index contributed by atoms with van der Waals surface area (Å²) >= 11 is 6.11. The van der Waals surface area contributed by atoms with Gasteiger partial charge in [-0.2, -0.15) is 5.10 Å². The van der Waals surface area contributed by atoms with Crippen LogP contribution in [0.25, 0.3) is 0 Å². The molecule has 1 N–H and O–H groups in total. The molecule has 1 unspecified atom stereocenters. The Morgan fingerprint density at radius 2 is 2.53 bits per heavy atom. The van der Waals surface area contributed by atoms with E-state index >= 15 is 0 Å². The van der Waals surface area contributed by atoms with E-state index in [1.165, 1.54) is 0 Å². The smallest absolute Gasteiger partial charge is 0.131 e. The SMILES string of the molecule is COCCn1ncc(Cl)c1C1(O)CCCOC1. The summed E-state index contributed by atoms with van der Waals surface area (Å²) in [4.78, 5) is 0. The molecule has 1 atom stereocenters. The van der Waals surface area contributed by atoms with Gasteiger partial charge >= 0.3 is 0 Å². The van der Waals surface area contributed by atoms with Crippen LogP contribution in [-0.4, -0.2) is 41.8 Å². The van der Waals surface area contributed by atoms with E-state index in [2.05, 4.69) is 5.10 Å². The van der Waals surface area contributed by atoms with Crippen molar-refractivity contribution in [2.75, 3.05) is 26.9 Å². The predicted octanol–water partition coefficient (Wildman–Crippen LogP) is 1.18. The maximum Gasteiger partial charge on any atom is 0.131 e. The molecule has 0 amide bonds. The summed E-state index contributed by atoms with van der Waals surface area (Å²) in [6.45, 7) is 2.06. The van der Waals surface area contributed by atoms with Crippen LogP contribution in [0.2, 0.25) is 5.02 Å². The lowest BCUT2D eigenvalue weighted by atomic mass is 9.93. The molecular weight excluding hydrogens is 244 g/mol. The molecule has 1 aliphatic rings. The molecule has 1 aromatic heterocycles. The molecule has 0 aromatic carbocycles. The van der Waals surface area contributed by atoms with Crippen molar-refractivity contribution in [2.24, 2.45) is 0 Å². The highest BCUT2D eigenvalue weighted by Crippen LogP contribution is 2.34. The van der Waals surface area contributed by atoms with Gasteiger partial charge in [-0.05, 0) is 12.8 Å². The molecule has 1 saturated heterocycles. The summed E-state index contributed by atoms with van der Waals surface area (Å²) in [5.41, 5.74) is -0.393. The topological polar surface area (TPSA) is 56.5 Å². The molecule has 0 bridgehead atoms. The highest BCUT2D eigenvalue weighted by atomic mass is 35.5. The van der Waals surface area contributed by atoms with Gasteiger partial charge in [0.2, 0.25) is 0 Å². The van der Waals surface area contributed by atoms with E-state index in [4.69, 9.17) is 21.1 Å². The third-order valence-electron chi connectivity index (χ3n) is 2.96. The van der Waals surface area contributed by atoms with Crippen molar-refractivity contribution in [3.8, 4) is 0 Å². The van der Waals surface area contributed by atoms with Crippen molar-refractivity contribution in [1.82, 2.24) is 9.78 Å². The Balaban J connectivity index is 2.25. The van der Waals surface area contributed by atoms with E-state index < -0.39 is 5.60 Å². The fourth-order valence-corrected chi connectivity index (χ4v) is 2.46. The van der Waals surface area contributed by atoms with Crippen LogP contribution in [0.3, 0.4) is 0 Å². The number of halogens is 1. The van der Waals surface area contributed by atoms with E-state index in [0.717, 1.165) is 6.42 Å². The largest absolute Gasteiger partial charge is 0.383 e. The quantitative estimate of drug-likeness (QED) is 0.883. The second-order valence-corrected chi connectivity index (χ2v) is 4.65. The number of rotatable bonds is 4. The van der Waals surface area contributed by atoms with Gasteiger partial charge in [0.05, 0.1) is 36.7 Å². The lowest BCUT2D eigenvalue weighted by Crippen LogP contribution is -2.38. The van der Waals surface area contributed by atoms with Crippen molar-refractivity contribution in [1.29, 1.82) is 0 Å². The van der Waals surface area contributed by atoms with E-state index in [-0.39, 0.29) is 6.61 Å². The van der Waals surface area contributed by atoms with E-state index in [0.29, 0.717) is 36.9 Å². The minimum atomic E-state index is -1.03. The normalized spacial score (nSPS) is 25.1. The summed E-state index contributed by atoms with van der Waals surface area (Å²) in [6, 6.07) is 0. The number of aliphatic hydroxyl groups is 1. The number of ether oxygens (including phenoxy) is 2. The first-order chi connectivity index (χ1) is 8.17. The average molecular weight is 261 g/mol. The molecule has 1 aliphatic heterocycles. The first kappa shape index (κ1) is 12.8. The molecule has 17 heavy (non-hydrogen) atoms. The second kappa shape index (κ2) is 5.35. The molecule has 0 saturated carbocycles. The first-order valence-electron chi connectivity index (χ1n) is 5.68. The number of methoxy groups -OCH3 is 1. The Morgan fingerprint density at radius 1 is 1.71 bits per heavy atom. The highest BCUT2D eigenvalue weighted by molar-refractivity contribution is 6.31. The van der Waals surface area contributed by atoms with Gasteiger partial charge in [0.25, 0.3) is 0 Å². The van der Waals surface area contributed by atoms with Gasteiger partial charge in [-0.3, -0.25) is 4.68 Å². The number of aromatic nitrogens is 2. The van der Waals surface area contributed by atoms with Gasteiger partial charge in [0.1, 0.15) is 5.60 Å². The summed E-state index contributed by atoms with van der Waals surface area (Å²) in [5.74, 6) is 0. The monoisotopic (exact) mass is 260 g/mol. The zero-order valence-electron chi connectivity index (χ0n) is 9.86. The standard InChI is InChI=1S/C11H17ClN2O3/c1-16-6-4-14-10(9(12)7-13-14)11(15)3-2-5-17-8-11/h7,15H,2-6,8H2,1H3. The van der Waals surface area contributed by atoms with Crippen LogP contribution in [-0.2, 0) is 21.6 Å². The van der Waals surface area contributed by atoms with Gasteiger partial charge in [-0.25, -0.2) is 0 Å². The summed E-state index contributed by atoms with van der Waals surface area (Å²) in [7, 11) is 1.63. The van der Waals surface area contributed by atoms with Crippen LogP contribution in [0, 0.1) is 0 Å². The third-order valence-corrected chi connectivity index (χ3v) is 3.24. The predicted molar refractivity (Wildman–Crippen MR) is 63.1 cm³/mol. The van der Waals surface area contributed by atoms with E-state index in [1.54, 1.807) is 18.0 Å². The molecule has 0 spiro atoms. The van der Waals surface area contributed by atoms with Crippen molar-refractivity contribution in [3.05, 3.63) is 16.9 Å². The molecule has 1 aromatic rings. The molecular formula is C11H17ClN2O3. The Bertz CT molecular complexity index is 375. The van der Waals surface area contributed by atoms with Crippen LogP contribution in [0.5, 0.6) is 0 Å². The minimum absolute atomic E-state index is 0.269. The van der Waals surface area contributed by atoms with Crippen LogP contribution in [0.1, 0.15) is 18.5 Å². The molecule has 96 valence electrons. The first-order valence-corrected chi connectivity index (χ1v) is 6.06. The number of hydrogen-bond acceptors (Lipinski definition) is 4. The zero-order chi connectivity index (χ0) is 12.3. The average Bonchev–Trinajstić information content (AvgIpc) is 2.69. The van der Waals surface area contributed by atoms with E-state index in [1.807, 2.05) is 0 Å². The molecule has 0 radical (unpaired) electrons. The molecule has 1 fully saturated rings. The van der Waals surface area contributed by atoms with Crippen LogP contribution in [0.15, 0.2) is 6.20 Å². The lowest BCUT2D eigenvalue weighted by molar-refractivity contribution is -0.0953. The fraction of sp³-hybridized carbons (Fsp3) is 0.727. The maximum atomic E-state index is 10.6. The van der Waals surface area contributed by atoms with E-state index in [9.17, 15) is 5.11 Å². The van der Waals surface area contributed by atoms with Crippen LogP contribution < -0.4 is 0 Å².